The summed E-state index contributed by atoms with van der Waals surface area (Å²) in [6.07, 6.45) is 3.68. The minimum absolute atomic E-state index is 0.0656. The fourth-order valence-corrected chi connectivity index (χ4v) is 2.15. The molecule has 0 bridgehead atoms. The van der Waals surface area contributed by atoms with Gasteiger partial charge in [-0.15, -0.1) is 0 Å². The third-order valence-corrected chi connectivity index (χ3v) is 3.51. The van der Waals surface area contributed by atoms with Gasteiger partial charge in [-0.25, -0.2) is 0 Å². The van der Waals surface area contributed by atoms with Gasteiger partial charge in [-0.05, 0) is 12.8 Å². The van der Waals surface area contributed by atoms with Crippen LogP contribution in [0.15, 0.2) is 0 Å². The molecule has 1 amide bonds. The molecule has 0 aromatic carbocycles. The molecule has 1 atom stereocenters. The number of aliphatic hydroxyl groups excluding tert-OH is 4. The highest BCUT2D eigenvalue weighted by Gasteiger charge is 2.11. The fraction of sp³-hybridized carbons (Fsp3) is 0.875. The lowest BCUT2D eigenvalue weighted by atomic mass is 10.1. The number of hydrogen-bond donors (Lipinski definition) is 4. The Labute approximate surface area is 143 Å². The largest absolute Gasteiger partial charge is 0.463 e. The van der Waals surface area contributed by atoms with Crippen LogP contribution in [0.5, 0.6) is 0 Å². The van der Waals surface area contributed by atoms with Crippen LogP contribution in [0.4, 0.5) is 0 Å². The van der Waals surface area contributed by atoms with Crippen LogP contribution in [0.1, 0.15) is 44.9 Å². The van der Waals surface area contributed by atoms with E-state index in [0.717, 1.165) is 25.7 Å². The quantitative estimate of drug-likeness (QED) is 0.230. The Morgan fingerprint density at radius 3 is 1.96 bits per heavy atom. The van der Waals surface area contributed by atoms with E-state index in [1.165, 1.54) is 4.90 Å². The van der Waals surface area contributed by atoms with E-state index < -0.39 is 12.7 Å². The number of carbonyl (C=O) groups is 2. The van der Waals surface area contributed by atoms with Gasteiger partial charge in [0.25, 0.3) is 0 Å². The van der Waals surface area contributed by atoms with Gasteiger partial charge in [0.1, 0.15) is 12.7 Å². The third-order valence-electron chi connectivity index (χ3n) is 3.51. The molecule has 0 radical (unpaired) electrons. The second kappa shape index (κ2) is 15.3. The van der Waals surface area contributed by atoms with Gasteiger partial charge < -0.3 is 30.1 Å². The van der Waals surface area contributed by atoms with E-state index in [-0.39, 0.29) is 51.2 Å². The Hall–Kier alpha value is -1.22. The summed E-state index contributed by atoms with van der Waals surface area (Å²) in [5, 5.41) is 35.4. The maximum absolute atomic E-state index is 11.9. The number of unbranched alkanes of at least 4 members (excludes halogenated alkanes) is 4. The second-order valence-corrected chi connectivity index (χ2v) is 5.62. The lowest BCUT2D eigenvalue weighted by Gasteiger charge is -2.20. The van der Waals surface area contributed by atoms with Gasteiger partial charge in [-0.1, -0.05) is 19.3 Å². The molecule has 0 aliphatic rings. The van der Waals surface area contributed by atoms with Gasteiger partial charge in [0, 0.05) is 25.9 Å². The van der Waals surface area contributed by atoms with E-state index in [4.69, 9.17) is 25.2 Å². The Kier molecular flexibility index (Phi) is 14.5. The minimum atomic E-state index is -1.03. The molecule has 8 nitrogen and oxygen atoms in total. The van der Waals surface area contributed by atoms with Crippen LogP contribution in [-0.2, 0) is 14.3 Å². The van der Waals surface area contributed by atoms with Crippen LogP contribution in [0.3, 0.4) is 0 Å². The summed E-state index contributed by atoms with van der Waals surface area (Å²) in [5.74, 6) is -0.453. The first kappa shape index (κ1) is 22.8. The van der Waals surface area contributed by atoms with Gasteiger partial charge in [0.15, 0.2) is 0 Å². The maximum Gasteiger partial charge on any atom is 0.305 e. The van der Waals surface area contributed by atoms with Crippen molar-refractivity contribution in [2.24, 2.45) is 0 Å². The molecule has 0 saturated carbocycles. The summed E-state index contributed by atoms with van der Waals surface area (Å²) in [4.78, 5) is 24.6. The highest BCUT2D eigenvalue weighted by Crippen LogP contribution is 2.09. The number of rotatable bonds is 15. The highest BCUT2D eigenvalue weighted by atomic mass is 16.5. The zero-order valence-corrected chi connectivity index (χ0v) is 14.2. The summed E-state index contributed by atoms with van der Waals surface area (Å²) >= 11 is 0. The van der Waals surface area contributed by atoms with Crippen LogP contribution in [0, 0.1) is 0 Å². The Bertz CT molecular complexity index is 332. The van der Waals surface area contributed by atoms with Crippen LogP contribution < -0.4 is 0 Å². The number of nitrogens with zero attached hydrogens (tertiary/aromatic N) is 1. The van der Waals surface area contributed by atoms with Gasteiger partial charge in [-0.3, -0.25) is 9.59 Å². The van der Waals surface area contributed by atoms with Crippen molar-refractivity contribution in [1.29, 1.82) is 0 Å². The molecule has 4 N–H and O–H groups in total. The molecule has 0 spiro atoms. The molecule has 0 aliphatic heterocycles. The summed E-state index contributed by atoms with van der Waals surface area (Å²) < 4.78 is 4.79. The van der Waals surface area contributed by atoms with Crippen molar-refractivity contribution < 1.29 is 34.8 Å². The van der Waals surface area contributed by atoms with Crippen molar-refractivity contribution in [2.45, 2.75) is 51.0 Å². The van der Waals surface area contributed by atoms with Gasteiger partial charge >= 0.3 is 5.97 Å². The van der Waals surface area contributed by atoms with E-state index in [9.17, 15) is 9.59 Å². The molecule has 0 rings (SSSR count). The molecule has 1 unspecified atom stereocenters. The lowest BCUT2D eigenvalue weighted by molar-refractivity contribution is -0.147. The molecular weight excluding hydrogens is 318 g/mol. The molecule has 0 aromatic heterocycles. The zero-order chi connectivity index (χ0) is 18.2. The van der Waals surface area contributed by atoms with Crippen molar-refractivity contribution in [1.82, 2.24) is 4.90 Å². The van der Waals surface area contributed by atoms with Gasteiger partial charge in [0.2, 0.25) is 5.91 Å². The first-order chi connectivity index (χ1) is 11.5. The van der Waals surface area contributed by atoms with Crippen molar-refractivity contribution >= 4 is 11.9 Å². The first-order valence-corrected chi connectivity index (χ1v) is 8.49. The smallest absolute Gasteiger partial charge is 0.305 e. The molecular formula is C16H31NO7. The number of ether oxygens (including phenoxy) is 1. The topological polar surface area (TPSA) is 128 Å². The Balaban J connectivity index is 3.59. The Morgan fingerprint density at radius 1 is 0.875 bits per heavy atom. The summed E-state index contributed by atoms with van der Waals surface area (Å²) in [5.41, 5.74) is 0. The number of amides is 1. The molecule has 142 valence electrons. The summed E-state index contributed by atoms with van der Waals surface area (Å²) in [6, 6.07) is 0. The van der Waals surface area contributed by atoms with E-state index >= 15 is 0 Å². The average Bonchev–Trinajstić information content (AvgIpc) is 2.58. The van der Waals surface area contributed by atoms with E-state index in [1.54, 1.807) is 0 Å². The number of hydrogen-bond acceptors (Lipinski definition) is 7. The normalized spacial score (nSPS) is 12.0. The van der Waals surface area contributed by atoms with E-state index in [1.807, 2.05) is 0 Å². The fourth-order valence-electron chi connectivity index (χ4n) is 2.15. The summed E-state index contributed by atoms with van der Waals surface area (Å²) in [7, 11) is 0. The van der Waals surface area contributed by atoms with Crippen molar-refractivity contribution in [2.75, 3.05) is 39.5 Å². The predicted octanol–water partition coefficient (Wildman–Crippen LogP) is -0.573. The molecule has 24 heavy (non-hydrogen) atoms. The van der Waals surface area contributed by atoms with Crippen LogP contribution in [0.25, 0.3) is 0 Å². The number of aliphatic hydroxyl groups is 4. The molecule has 8 heteroatoms. The maximum atomic E-state index is 11.9. The molecule has 0 aliphatic carbocycles. The highest BCUT2D eigenvalue weighted by molar-refractivity contribution is 5.76. The zero-order valence-electron chi connectivity index (χ0n) is 14.2. The van der Waals surface area contributed by atoms with Crippen LogP contribution >= 0.6 is 0 Å². The van der Waals surface area contributed by atoms with Crippen LogP contribution in [-0.4, -0.2) is 82.8 Å². The lowest BCUT2D eigenvalue weighted by Crippen LogP contribution is -2.35. The van der Waals surface area contributed by atoms with Crippen molar-refractivity contribution in [3.8, 4) is 0 Å². The van der Waals surface area contributed by atoms with Gasteiger partial charge in [-0.2, -0.15) is 0 Å². The summed E-state index contributed by atoms with van der Waals surface area (Å²) in [6.45, 7) is -0.358. The minimum Gasteiger partial charge on any atom is -0.463 e. The van der Waals surface area contributed by atoms with Crippen molar-refractivity contribution in [3.05, 3.63) is 0 Å². The standard InChI is InChI=1S/C16H31NO7/c18-10-8-17(9-11-19)15(22)6-4-2-1-3-5-7-16(23)24-13-14(21)12-20/h14,18-21H,1-13H2. The van der Waals surface area contributed by atoms with Crippen LogP contribution in [0.2, 0.25) is 0 Å². The molecule has 0 saturated heterocycles. The average molecular weight is 349 g/mol. The van der Waals surface area contributed by atoms with Gasteiger partial charge in [0.05, 0.1) is 19.8 Å². The van der Waals surface area contributed by atoms with E-state index in [2.05, 4.69) is 0 Å². The molecule has 0 fully saturated rings. The predicted molar refractivity (Wildman–Crippen MR) is 87.1 cm³/mol. The SMILES string of the molecule is O=C(CCCCCCCC(=O)N(CCO)CCO)OCC(O)CO. The van der Waals surface area contributed by atoms with Crippen molar-refractivity contribution in [3.63, 3.8) is 0 Å². The number of carbonyl (C=O) groups excluding carboxylic acids is 2. The second-order valence-electron chi connectivity index (χ2n) is 5.62. The van der Waals surface area contributed by atoms with E-state index in [0.29, 0.717) is 12.8 Å². The monoisotopic (exact) mass is 349 g/mol. The number of esters is 1. The third kappa shape index (κ3) is 12.2. The molecule has 0 heterocycles. The Morgan fingerprint density at radius 2 is 1.42 bits per heavy atom. The first-order valence-electron chi connectivity index (χ1n) is 8.49. The molecule has 0 aromatic rings.